The molecular formula is C17H19ClN4OS. The van der Waals surface area contributed by atoms with Crippen molar-refractivity contribution in [1.29, 1.82) is 5.41 Å². The first kappa shape index (κ1) is 17.0. The van der Waals surface area contributed by atoms with Crippen molar-refractivity contribution in [2.24, 2.45) is 11.5 Å². The Balaban J connectivity index is 2.27. The molecule has 7 heteroatoms. The summed E-state index contributed by atoms with van der Waals surface area (Å²) in [6.07, 6.45) is 3.48. The van der Waals surface area contributed by atoms with Crippen LogP contribution in [0.15, 0.2) is 12.3 Å². The van der Waals surface area contributed by atoms with Gasteiger partial charge < -0.3 is 21.8 Å². The van der Waals surface area contributed by atoms with Crippen LogP contribution in [0.1, 0.15) is 21.6 Å². The quantitative estimate of drug-likeness (QED) is 0.732. The highest BCUT2D eigenvalue weighted by Gasteiger charge is 2.26. The minimum Gasteiger partial charge on any atom is -0.404 e. The number of benzene rings is 1. The number of amides is 1. The van der Waals surface area contributed by atoms with Gasteiger partial charge >= 0.3 is 0 Å². The Hall–Kier alpha value is -1.89. The van der Waals surface area contributed by atoms with Crippen LogP contribution in [0, 0.1) is 12.3 Å². The zero-order valence-electron chi connectivity index (χ0n) is 13.4. The van der Waals surface area contributed by atoms with Crippen molar-refractivity contribution >= 4 is 50.7 Å². The van der Waals surface area contributed by atoms with Gasteiger partial charge in [0.05, 0.1) is 16.3 Å². The number of nitrogens with zero attached hydrogens (tertiary/aromatic N) is 1. The first-order valence-corrected chi connectivity index (χ1v) is 8.85. The molecule has 0 aliphatic carbocycles. The van der Waals surface area contributed by atoms with Gasteiger partial charge in [-0.05, 0) is 36.1 Å². The van der Waals surface area contributed by atoms with Crippen LogP contribution in [-0.2, 0) is 17.8 Å². The lowest BCUT2D eigenvalue weighted by Crippen LogP contribution is -2.39. The second-order valence-electron chi connectivity index (χ2n) is 5.80. The van der Waals surface area contributed by atoms with E-state index >= 15 is 0 Å². The Morgan fingerprint density at radius 3 is 2.92 bits per heavy atom. The predicted octanol–water partition coefficient (Wildman–Crippen LogP) is 2.66. The van der Waals surface area contributed by atoms with E-state index in [4.69, 9.17) is 28.5 Å². The van der Waals surface area contributed by atoms with E-state index in [-0.39, 0.29) is 12.5 Å². The minimum atomic E-state index is -0.0543. The van der Waals surface area contributed by atoms with Gasteiger partial charge in [-0.15, -0.1) is 11.3 Å². The average molecular weight is 363 g/mol. The van der Waals surface area contributed by atoms with Crippen LogP contribution in [-0.4, -0.2) is 30.1 Å². The van der Waals surface area contributed by atoms with Crippen LogP contribution in [0.3, 0.4) is 0 Å². The molecule has 3 rings (SSSR count). The molecule has 0 bridgehead atoms. The number of rotatable bonds is 3. The molecule has 1 aliphatic rings. The Morgan fingerprint density at radius 2 is 2.29 bits per heavy atom. The van der Waals surface area contributed by atoms with Gasteiger partial charge in [0, 0.05) is 41.3 Å². The van der Waals surface area contributed by atoms with E-state index in [1.807, 2.05) is 13.0 Å². The lowest BCUT2D eigenvalue weighted by Gasteiger charge is -2.27. The fourth-order valence-electron chi connectivity index (χ4n) is 3.14. The van der Waals surface area contributed by atoms with Gasteiger partial charge in [-0.25, -0.2) is 0 Å². The summed E-state index contributed by atoms with van der Waals surface area (Å²) in [6.45, 7) is 3.16. The van der Waals surface area contributed by atoms with E-state index in [1.54, 1.807) is 16.2 Å². The van der Waals surface area contributed by atoms with Gasteiger partial charge in [0.25, 0.3) is 0 Å². The van der Waals surface area contributed by atoms with Crippen LogP contribution < -0.4 is 11.5 Å². The van der Waals surface area contributed by atoms with Gasteiger partial charge in [-0.1, -0.05) is 11.6 Å². The van der Waals surface area contributed by atoms with E-state index in [0.717, 1.165) is 38.2 Å². The highest BCUT2D eigenvalue weighted by molar-refractivity contribution is 7.20. The molecule has 0 unspecified atom stereocenters. The predicted molar refractivity (Wildman–Crippen MR) is 101 cm³/mol. The first-order valence-electron chi connectivity index (χ1n) is 7.65. The summed E-state index contributed by atoms with van der Waals surface area (Å²) >= 11 is 8.21. The Bertz CT molecular complexity index is 871. The van der Waals surface area contributed by atoms with Crippen LogP contribution in [0.2, 0.25) is 5.02 Å². The Labute approximate surface area is 149 Å². The molecule has 24 heavy (non-hydrogen) atoms. The maximum absolute atomic E-state index is 12.0. The molecule has 5 N–H and O–H groups in total. The number of carbonyl (C=O) groups excluding carboxylic acids is 1. The summed E-state index contributed by atoms with van der Waals surface area (Å²) < 4.78 is 1.000. The van der Waals surface area contributed by atoms with Gasteiger partial charge in [0.1, 0.15) is 0 Å². The lowest BCUT2D eigenvalue weighted by molar-refractivity contribution is -0.130. The van der Waals surface area contributed by atoms with Crippen molar-refractivity contribution in [3.05, 3.63) is 38.9 Å². The molecule has 126 valence electrons. The van der Waals surface area contributed by atoms with Gasteiger partial charge in [0.15, 0.2) is 0 Å². The highest BCUT2D eigenvalue weighted by Crippen LogP contribution is 2.43. The van der Waals surface area contributed by atoms with E-state index in [2.05, 4.69) is 0 Å². The number of hydrogen-bond acceptors (Lipinski definition) is 5. The van der Waals surface area contributed by atoms with E-state index < -0.39 is 0 Å². The molecule has 2 heterocycles. The fraction of sp³-hybridized carbons (Fsp3) is 0.294. The molecule has 5 nitrogen and oxygen atoms in total. The zero-order chi connectivity index (χ0) is 17.4. The molecule has 1 aromatic carbocycles. The minimum absolute atomic E-state index is 0.0125. The summed E-state index contributed by atoms with van der Waals surface area (Å²) in [6, 6.07) is 1.96. The van der Waals surface area contributed by atoms with Gasteiger partial charge in [-0.3, -0.25) is 4.79 Å². The van der Waals surface area contributed by atoms with Crippen molar-refractivity contribution in [1.82, 2.24) is 4.90 Å². The zero-order valence-corrected chi connectivity index (χ0v) is 14.9. The second kappa shape index (κ2) is 6.55. The van der Waals surface area contributed by atoms with E-state index in [9.17, 15) is 4.79 Å². The summed E-state index contributed by atoms with van der Waals surface area (Å²) in [5.41, 5.74) is 14.8. The number of nitrogens with one attached hydrogen (secondary N) is 1. The normalized spacial score (nSPS) is 14.8. The second-order valence-corrected chi connectivity index (χ2v) is 7.28. The first-order chi connectivity index (χ1) is 11.5. The third kappa shape index (κ3) is 2.60. The number of allylic oxidation sites excluding steroid dienone is 1. The third-order valence-corrected chi connectivity index (χ3v) is 6.31. The summed E-state index contributed by atoms with van der Waals surface area (Å²) in [4.78, 5) is 15.0. The highest BCUT2D eigenvalue weighted by atomic mass is 35.5. The van der Waals surface area contributed by atoms with Gasteiger partial charge in [-0.2, -0.15) is 0 Å². The third-order valence-electron chi connectivity index (χ3n) is 4.40. The number of aryl methyl sites for hydroxylation is 1. The van der Waals surface area contributed by atoms with Crippen LogP contribution in [0.5, 0.6) is 0 Å². The molecule has 1 aliphatic heterocycles. The maximum atomic E-state index is 12.0. The van der Waals surface area contributed by atoms with Crippen molar-refractivity contribution < 1.29 is 4.79 Å². The largest absolute Gasteiger partial charge is 0.404 e. The number of halogens is 1. The molecule has 1 amide bonds. The number of carbonyl (C=O) groups is 1. The molecule has 0 radical (unpaired) electrons. The maximum Gasteiger partial charge on any atom is 0.236 e. The molecule has 0 saturated carbocycles. The molecule has 1 aromatic heterocycles. The van der Waals surface area contributed by atoms with E-state index in [1.165, 1.54) is 17.3 Å². The SMILES string of the molecule is Cc1cc(/C(C=N)=C/N)c2c3c(sc2c1Cl)CCN(C(=O)CN)C3. The summed E-state index contributed by atoms with van der Waals surface area (Å²) in [5, 5.41) is 9.37. The van der Waals surface area contributed by atoms with Crippen LogP contribution in [0.4, 0.5) is 0 Å². The van der Waals surface area contributed by atoms with Crippen molar-refractivity contribution in [3.63, 3.8) is 0 Å². The number of fused-ring (bicyclic) bond motifs is 3. The van der Waals surface area contributed by atoms with Crippen LogP contribution in [0.25, 0.3) is 15.7 Å². The smallest absolute Gasteiger partial charge is 0.236 e. The van der Waals surface area contributed by atoms with Crippen molar-refractivity contribution in [3.8, 4) is 0 Å². The summed E-state index contributed by atoms with van der Waals surface area (Å²) in [5.74, 6) is -0.0543. The number of nitrogens with two attached hydrogens (primary N) is 2. The van der Waals surface area contributed by atoms with Crippen molar-refractivity contribution in [2.45, 2.75) is 19.9 Å². The number of hydrogen-bond donors (Lipinski definition) is 3. The van der Waals surface area contributed by atoms with Crippen molar-refractivity contribution in [2.75, 3.05) is 13.1 Å². The average Bonchev–Trinajstić information content (AvgIpc) is 2.98. The number of thiophene rings is 1. The molecule has 0 saturated heterocycles. The molecule has 0 spiro atoms. The molecule has 2 aromatic rings. The van der Waals surface area contributed by atoms with Crippen LogP contribution >= 0.6 is 22.9 Å². The molecular weight excluding hydrogens is 344 g/mol. The Kier molecular flexibility index (Phi) is 4.62. The summed E-state index contributed by atoms with van der Waals surface area (Å²) in [7, 11) is 0. The topological polar surface area (TPSA) is 96.2 Å². The monoisotopic (exact) mass is 362 g/mol. The fourth-order valence-corrected chi connectivity index (χ4v) is 4.72. The molecule has 0 fully saturated rings. The van der Waals surface area contributed by atoms with E-state index in [0.29, 0.717) is 18.7 Å². The standard InChI is InChI=1S/C17H19ClN4OS/c1-9-4-11(10(5-19)6-20)15-12-8-22(14(23)7-21)3-2-13(12)24-17(15)16(9)18/h4-6,19H,2-3,7-8,20-21H2,1H3/b10-6+,19-5?. The lowest BCUT2D eigenvalue weighted by atomic mass is 9.95. The van der Waals surface area contributed by atoms with Gasteiger partial charge in [0.2, 0.25) is 5.91 Å². The Morgan fingerprint density at radius 1 is 1.54 bits per heavy atom. The molecule has 0 atom stereocenters.